The lowest BCUT2D eigenvalue weighted by atomic mass is 10.1. The molecule has 4 nitrogen and oxygen atoms in total. The third-order valence-electron chi connectivity index (χ3n) is 2.17. The highest BCUT2D eigenvalue weighted by Gasteiger charge is 2.07. The zero-order chi connectivity index (χ0) is 11.3. The van der Waals surface area contributed by atoms with E-state index in [1.165, 1.54) is 0 Å². The van der Waals surface area contributed by atoms with Crippen LogP contribution >= 0.6 is 0 Å². The van der Waals surface area contributed by atoms with Crippen molar-refractivity contribution in [1.29, 1.82) is 0 Å². The Morgan fingerprint density at radius 1 is 1.60 bits per heavy atom. The van der Waals surface area contributed by atoms with E-state index in [2.05, 4.69) is 5.32 Å². The molecule has 0 spiro atoms. The first kappa shape index (κ1) is 11.4. The Hall–Kier alpha value is -1.71. The van der Waals surface area contributed by atoms with Gasteiger partial charge in [-0.15, -0.1) is 0 Å². The van der Waals surface area contributed by atoms with Gasteiger partial charge >= 0.3 is 0 Å². The summed E-state index contributed by atoms with van der Waals surface area (Å²) < 4.78 is 5.08. The molecular weight excluding hydrogens is 192 g/mol. The molecule has 82 valence electrons. The van der Waals surface area contributed by atoms with Crippen molar-refractivity contribution in [3.8, 4) is 5.75 Å². The number of benzene rings is 1. The molecule has 1 aromatic rings. The number of hydrogen-bond donors (Lipinski definition) is 2. The van der Waals surface area contributed by atoms with Crippen molar-refractivity contribution in [3.05, 3.63) is 24.3 Å². The van der Waals surface area contributed by atoms with Crippen LogP contribution in [0.25, 0.3) is 0 Å². The van der Waals surface area contributed by atoms with Crippen LogP contribution < -0.4 is 15.8 Å². The normalized spacial score (nSPS) is 11.9. The summed E-state index contributed by atoms with van der Waals surface area (Å²) in [5, 5.41) is 3.12. The minimum absolute atomic E-state index is 0.184. The van der Waals surface area contributed by atoms with Gasteiger partial charge < -0.3 is 15.8 Å². The van der Waals surface area contributed by atoms with Gasteiger partial charge in [0, 0.05) is 18.3 Å². The molecule has 0 aliphatic rings. The molecule has 0 aliphatic carbocycles. The van der Waals surface area contributed by atoms with Gasteiger partial charge in [-0.1, -0.05) is 13.0 Å². The van der Waals surface area contributed by atoms with E-state index in [0.29, 0.717) is 6.54 Å². The van der Waals surface area contributed by atoms with E-state index < -0.39 is 0 Å². The van der Waals surface area contributed by atoms with Gasteiger partial charge in [0.2, 0.25) is 5.91 Å². The smallest absolute Gasteiger partial charge is 0.222 e. The Balaban J connectivity index is 2.53. The number of carbonyl (C=O) groups excluding carboxylic acids is 1. The third kappa shape index (κ3) is 3.50. The third-order valence-corrected chi connectivity index (χ3v) is 2.17. The lowest BCUT2D eigenvalue weighted by molar-refractivity contribution is -0.120. The number of carbonyl (C=O) groups is 1. The van der Waals surface area contributed by atoms with E-state index in [4.69, 9.17) is 10.5 Å². The molecule has 0 saturated heterocycles. The SMILES string of the molecule is COc1cccc(NCC(C)C(N)=O)c1. The van der Waals surface area contributed by atoms with Crippen LogP contribution in [0, 0.1) is 5.92 Å². The number of anilines is 1. The fourth-order valence-corrected chi connectivity index (χ4v) is 1.10. The van der Waals surface area contributed by atoms with Crippen molar-refractivity contribution < 1.29 is 9.53 Å². The molecule has 0 radical (unpaired) electrons. The van der Waals surface area contributed by atoms with Gasteiger partial charge in [-0.05, 0) is 12.1 Å². The molecule has 1 rings (SSSR count). The first-order valence-electron chi connectivity index (χ1n) is 4.80. The van der Waals surface area contributed by atoms with Crippen LogP contribution in [0.4, 0.5) is 5.69 Å². The molecular formula is C11H16N2O2. The molecule has 15 heavy (non-hydrogen) atoms. The fourth-order valence-electron chi connectivity index (χ4n) is 1.10. The standard InChI is InChI=1S/C11H16N2O2/c1-8(11(12)14)7-13-9-4-3-5-10(6-9)15-2/h3-6,8,13H,7H2,1-2H3,(H2,12,14). The second-order valence-electron chi connectivity index (χ2n) is 3.42. The van der Waals surface area contributed by atoms with Crippen LogP contribution in [0.2, 0.25) is 0 Å². The van der Waals surface area contributed by atoms with E-state index in [1.54, 1.807) is 14.0 Å². The van der Waals surface area contributed by atoms with Crippen LogP contribution in [0.15, 0.2) is 24.3 Å². The predicted molar refractivity (Wildman–Crippen MR) is 59.8 cm³/mol. The van der Waals surface area contributed by atoms with Crippen molar-refractivity contribution in [1.82, 2.24) is 0 Å². The number of methoxy groups -OCH3 is 1. The van der Waals surface area contributed by atoms with E-state index in [0.717, 1.165) is 11.4 Å². The topological polar surface area (TPSA) is 64.3 Å². The van der Waals surface area contributed by atoms with Crippen LogP contribution in [0.1, 0.15) is 6.92 Å². The van der Waals surface area contributed by atoms with Gasteiger partial charge in [-0.3, -0.25) is 4.79 Å². The Kier molecular flexibility index (Phi) is 3.97. The maximum atomic E-state index is 10.8. The number of primary amides is 1. The molecule has 1 unspecified atom stereocenters. The highest BCUT2D eigenvalue weighted by Crippen LogP contribution is 2.16. The summed E-state index contributed by atoms with van der Waals surface area (Å²) in [7, 11) is 1.62. The largest absolute Gasteiger partial charge is 0.497 e. The Morgan fingerprint density at radius 2 is 2.33 bits per heavy atom. The summed E-state index contributed by atoms with van der Waals surface area (Å²) >= 11 is 0. The summed E-state index contributed by atoms with van der Waals surface area (Å²) in [5.74, 6) is 0.299. The van der Waals surface area contributed by atoms with Gasteiger partial charge in [0.05, 0.1) is 13.0 Å². The van der Waals surface area contributed by atoms with Crippen molar-refractivity contribution in [2.75, 3.05) is 19.0 Å². The van der Waals surface area contributed by atoms with E-state index in [9.17, 15) is 4.79 Å². The average Bonchev–Trinajstić information content (AvgIpc) is 2.26. The number of nitrogens with one attached hydrogen (secondary N) is 1. The molecule has 0 bridgehead atoms. The Morgan fingerprint density at radius 3 is 2.93 bits per heavy atom. The van der Waals surface area contributed by atoms with Gasteiger partial charge in [0.1, 0.15) is 5.75 Å². The molecule has 0 fully saturated rings. The number of hydrogen-bond acceptors (Lipinski definition) is 3. The summed E-state index contributed by atoms with van der Waals surface area (Å²) in [4.78, 5) is 10.8. The number of rotatable bonds is 5. The van der Waals surface area contributed by atoms with Gasteiger partial charge in [-0.2, -0.15) is 0 Å². The molecule has 0 aromatic heterocycles. The number of ether oxygens (including phenoxy) is 1. The lowest BCUT2D eigenvalue weighted by Gasteiger charge is -2.10. The van der Waals surface area contributed by atoms with Crippen LogP contribution in [0.3, 0.4) is 0 Å². The maximum Gasteiger partial charge on any atom is 0.222 e. The Labute approximate surface area is 89.4 Å². The van der Waals surface area contributed by atoms with Crippen molar-refractivity contribution in [3.63, 3.8) is 0 Å². The average molecular weight is 208 g/mol. The molecule has 1 amide bonds. The predicted octanol–water partition coefficient (Wildman–Crippen LogP) is 1.23. The number of amides is 1. The van der Waals surface area contributed by atoms with Crippen molar-refractivity contribution in [2.24, 2.45) is 11.7 Å². The first-order valence-corrected chi connectivity index (χ1v) is 4.80. The monoisotopic (exact) mass is 208 g/mol. The first-order chi connectivity index (χ1) is 7.13. The van der Waals surface area contributed by atoms with Crippen molar-refractivity contribution in [2.45, 2.75) is 6.92 Å². The molecule has 4 heteroatoms. The quantitative estimate of drug-likeness (QED) is 0.765. The van der Waals surface area contributed by atoms with E-state index in [-0.39, 0.29) is 11.8 Å². The van der Waals surface area contributed by atoms with Gasteiger partial charge in [-0.25, -0.2) is 0 Å². The molecule has 0 saturated carbocycles. The van der Waals surface area contributed by atoms with Crippen LogP contribution in [-0.2, 0) is 4.79 Å². The maximum absolute atomic E-state index is 10.8. The van der Waals surface area contributed by atoms with Gasteiger partial charge in [0.15, 0.2) is 0 Å². The fraction of sp³-hybridized carbons (Fsp3) is 0.364. The summed E-state index contributed by atoms with van der Waals surface area (Å²) in [6.45, 7) is 2.32. The molecule has 3 N–H and O–H groups in total. The van der Waals surface area contributed by atoms with Crippen LogP contribution in [0.5, 0.6) is 5.75 Å². The molecule has 0 heterocycles. The zero-order valence-electron chi connectivity index (χ0n) is 8.99. The molecule has 1 aromatic carbocycles. The van der Waals surface area contributed by atoms with Crippen molar-refractivity contribution >= 4 is 11.6 Å². The second kappa shape index (κ2) is 5.24. The second-order valence-corrected chi connectivity index (χ2v) is 3.42. The highest BCUT2D eigenvalue weighted by atomic mass is 16.5. The minimum atomic E-state index is -0.301. The van der Waals surface area contributed by atoms with E-state index >= 15 is 0 Å². The van der Waals surface area contributed by atoms with E-state index in [1.807, 2.05) is 24.3 Å². The van der Waals surface area contributed by atoms with Crippen LogP contribution in [-0.4, -0.2) is 19.6 Å². The zero-order valence-corrected chi connectivity index (χ0v) is 8.99. The number of nitrogens with two attached hydrogens (primary N) is 1. The molecule has 1 atom stereocenters. The summed E-state index contributed by atoms with van der Waals surface area (Å²) in [6.07, 6.45) is 0. The minimum Gasteiger partial charge on any atom is -0.497 e. The summed E-state index contributed by atoms with van der Waals surface area (Å²) in [5.41, 5.74) is 6.07. The molecule has 0 aliphatic heterocycles. The highest BCUT2D eigenvalue weighted by molar-refractivity contribution is 5.76. The Bertz CT molecular complexity index is 339. The summed E-state index contributed by atoms with van der Waals surface area (Å²) in [6, 6.07) is 7.53. The lowest BCUT2D eigenvalue weighted by Crippen LogP contribution is -2.26. The van der Waals surface area contributed by atoms with Gasteiger partial charge in [0.25, 0.3) is 0 Å².